The van der Waals surface area contributed by atoms with E-state index in [1.165, 1.54) is 0 Å². The first-order valence-electron chi connectivity index (χ1n) is 10.0. The number of nitrogens with one attached hydrogen (secondary N) is 1. The standard InChI is InChI=1S/C19H26F2N4O2/c20-17(21)19(2-3-19)11-27-14-7-18(8-14)5-13(6-18)16(26)25-4-1-12(10-25)15-9-22-24-23-15/h9,12-14,17H,1-8,10-11H2,(H,22,23,24). The van der Waals surface area contributed by atoms with Gasteiger partial charge in [-0.3, -0.25) is 4.79 Å². The number of likely N-dealkylation sites (tertiary alicyclic amines) is 1. The van der Waals surface area contributed by atoms with Gasteiger partial charge in [0.1, 0.15) is 0 Å². The summed E-state index contributed by atoms with van der Waals surface area (Å²) in [5, 5.41) is 10.6. The fourth-order valence-corrected chi connectivity index (χ4v) is 5.25. The molecule has 1 aliphatic heterocycles. The first-order valence-corrected chi connectivity index (χ1v) is 10.0. The lowest BCUT2D eigenvalue weighted by atomic mass is 9.50. The van der Waals surface area contributed by atoms with Gasteiger partial charge < -0.3 is 9.64 Å². The molecule has 1 atom stereocenters. The molecule has 0 radical (unpaired) electrons. The van der Waals surface area contributed by atoms with Gasteiger partial charge in [0.05, 0.1) is 30.0 Å². The van der Waals surface area contributed by atoms with Gasteiger partial charge in [-0.15, -0.1) is 0 Å². The predicted octanol–water partition coefficient (Wildman–Crippen LogP) is 2.74. The van der Waals surface area contributed by atoms with Crippen LogP contribution in [0.15, 0.2) is 6.20 Å². The summed E-state index contributed by atoms with van der Waals surface area (Å²) in [5.74, 6) is 0.677. The molecular weight excluding hydrogens is 354 g/mol. The number of aromatic amines is 1. The number of rotatable bonds is 6. The second kappa shape index (κ2) is 6.22. The monoisotopic (exact) mass is 380 g/mol. The van der Waals surface area contributed by atoms with Crippen molar-refractivity contribution in [3.05, 3.63) is 11.9 Å². The third-order valence-corrected chi connectivity index (χ3v) is 7.34. The zero-order valence-electron chi connectivity index (χ0n) is 15.4. The molecule has 4 aliphatic rings. The third kappa shape index (κ3) is 3.05. The summed E-state index contributed by atoms with van der Waals surface area (Å²) < 4.78 is 31.7. The molecule has 0 bridgehead atoms. The molecule has 6 nitrogen and oxygen atoms in total. The van der Waals surface area contributed by atoms with Crippen LogP contribution in [0, 0.1) is 16.7 Å². The molecule has 5 rings (SSSR count). The Morgan fingerprint density at radius 3 is 2.74 bits per heavy atom. The molecule has 148 valence electrons. The molecule has 8 heteroatoms. The molecule has 3 aliphatic carbocycles. The highest BCUT2D eigenvalue weighted by molar-refractivity contribution is 5.80. The molecule has 1 unspecified atom stereocenters. The van der Waals surface area contributed by atoms with E-state index in [9.17, 15) is 13.6 Å². The van der Waals surface area contributed by atoms with Crippen molar-refractivity contribution in [1.82, 2.24) is 20.3 Å². The van der Waals surface area contributed by atoms with E-state index in [1.807, 2.05) is 4.90 Å². The number of ether oxygens (including phenoxy) is 1. The van der Waals surface area contributed by atoms with Crippen molar-refractivity contribution in [3.8, 4) is 0 Å². The van der Waals surface area contributed by atoms with Crippen molar-refractivity contribution in [2.24, 2.45) is 16.7 Å². The summed E-state index contributed by atoms with van der Waals surface area (Å²) >= 11 is 0. The van der Waals surface area contributed by atoms with Crippen LogP contribution in [-0.4, -0.2) is 58.4 Å². The molecular formula is C19H26F2N4O2. The Bertz CT molecular complexity index is 693. The van der Waals surface area contributed by atoms with Crippen molar-refractivity contribution in [2.45, 2.75) is 63.4 Å². The SMILES string of the molecule is O=C(C1CC2(CC(OCC3(C(F)F)CC3)C2)C1)N1CCC(c2cn[nH]n2)C1. The second-order valence-corrected chi connectivity index (χ2v) is 9.27. The maximum absolute atomic E-state index is 13.0. The normalized spacial score (nSPS) is 36.7. The molecule has 4 fully saturated rings. The van der Waals surface area contributed by atoms with E-state index >= 15 is 0 Å². The minimum Gasteiger partial charge on any atom is -0.377 e. The van der Waals surface area contributed by atoms with Gasteiger partial charge in [-0.1, -0.05) is 0 Å². The number of hydrogen-bond donors (Lipinski definition) is 1. The second-order valence-electron chi connectivity index (χ2n) is 9.27. The number of nitrogens with zero attached hydrogens (tertiary/aromatic N) is 3. The lowest BCUT2D eigenvalue weighted by molar-refractivity contribution is -0.170. The number of alkyl halides is 2. The number of carbonyl (C=O) groups excluding carboxylic acids is 1. The van der Waals surface area contributed by atoms with E-state index < -0.39 is 11.8 Å². The highest BCUT2D eigenvalue weighted by Crippen LogP contribution is 2.61. The van der Waals surface area contributed by atoms with E-state index in [4.69, 9.17) is 4.74 Å². The molecule has 1 spiro atoms. The lowest BCUT2D eigenvalue weighted by Gasteiger charge is -2.57. The van der Waals surface area contributed by atoms with E-state index in [0.29, 0.717) is 12.8 Å². The van der Waals surface area contributed by atoms with Crippen LogP contribution in [0.1, 0.15) is 56.6 Å². The number of aromatic nitrogens is 3. The zero-order chi connectivity index (χ0) is 18.6. The average molecular weight is 380 g/mol. The first-order chi connectivity index (χ1) is 13.0. The summed E-state index contributed by atoms with van der Waals surface area (Å²) in [6, 6.07) is 0. The molecule has 1 amide bonds. The lowest BCUT2D eigenvalue weighted by Crippen LogP contribution is -2.55. The summed E-state index contributed by atoms with van der Waals surface area (Å²) in [4.78, 5) is 14.7. The number of carbonyl (C=O) groups is 1. The fraction of sp³-hybridized carbons (Fsp3) is 0.842. The van der Waals surface area contributed by atoms with Crippen LogP contribution in [0.4, 0.5) is 8.78 Å². The van der Waals surface area contributed by atoms with Gasteiger partial charge in [0, 0.05) is 24.9 Å². The van der Waals surface area contributed by atoms with Crippen LogP contribution in [0.2, 0.25) is 0 Å². The van der Waals surface area contributed by atoms with Gasteiger partial charge in [-0.2, -0.15) is 15.4 Å². The zero-order valence-corrected chi connectivity index (χ0v) is 15.4. The van der Waals surface area contributed by atoms with Crippen LogP contribution in [-0.2, 0) is 9.53 Å². The maximum atomic E-state index is 13.0. The van der Waals surface area contributed by atoms with Gasteiger partial charge in [0.15, 0.2) is 0 Å². The van der Waals surface area contributed by atoms with Crippen molar-refractivity contribution < 1.29 is 18.3 Å². The van der Waals surface area contributed by atoms with Crippen molar-refractivity contribution in [2.75, 3.05) is 19.7 Å². The number of H-pyrrole nitrogens is 1. The summed E-state index contributed by atoms with van der Waals surface area (Å²) in [6.07, 6.45) is 5.42. The minimum absolute atomic E-state index is 0.112. The summed E-state index contributed by atoms with van der Waals surface area (Å²) in [5.41, 5.74) is 0.320. The Morgan fingerprint density at radius 1 is 1.33 bits per heavy atom. The van der Waals surface area contributed by atoms with Crippen LogP contribution >= 0.6 is 0 Å². The average Bonchev–Trinajstić information content (AvgIpc) is 2.98. The Balaban J connectivity index is 1.05. The topological polar surface area (TPSA) is 71.1 Å². The highest BCUT2D eigenvalue weighted by atomic mass is 19.3. The maximum Gasteiger partial charge on any atom is 0.246 e. The van der Waals surface area contributed by atoms with Crippen molar-refractivity contribution >= 4 is 5.91 Å². The van der Waals surface area contributed by atoms with Gasteiger partial charge in [-0.25, -0.2) is 8.78 Å². The number of hydrogen-bond acceptors (Lipinski definition) is 4. The van der Waals surface area contributed by atoms with E-state index in [-0.39, 0.29) is 35.9 Å². The van der Waals surface area contributed by atoms with Crippen LogP contribution in [0.5, 0.6) is 0 Å². The van der Waals surface area contributed by atoms with E-state index in [0.717, 1.165) is 50.9 Å². The Hall–Kier alpha value is -1.57. The number of amides is 1. The Kier molecular flexibility index (Phi) is 4.04. The molecule has 27 heavy (non-hydrogen) atoms. The van der Waals surface area contributed by atoms with Gasteiger partial charge in [0.2, 0.25) is 12.3 Å². The quantitative estimate of drug-likeness (QED) is 0.824. The van der Waals surface area contributed by atoms with Gasteiger partial charge in [-0.05, 0) is 50.4 Å². The van der Waals surface area contributed by atoms with Crippen molar-refractivity contribution in [1.29, 1.82) is 0 Å². The Labute approximate surface area is 157 Å². The van der Waals surface area contributed by atoms with E-state index in [2.05, 4.69) is 15.4 Å². The van der Waals surface area contributed by atoms with Gasteiger partial charge >= 0.3 is 0 Å². The molecule has 0 aromatic carbocycles. The van der Waals surface area contributed by atoms with Crippen LogP contribution in [0.25, 0.3) is 0 Å². The largest absolute Gasteiger partial charge is 0.377 e. The summed E-state index contributed by atoms with van der Waals surface area (Å²) in [7, 11) is 0. The molecule has 1 saturated heterocycles. The molecule has 1 aromatic rings. The molecule has 2 heterocycles. The Morgan fingerprint density at radius 2 is 2.11 bits per heavy atom. The smallest absolute Gasteiger partial charge is 0.246 e. The van der Waals surface area contributed by atoms with Gasteiger partial charge in [0.25, 0.3) is 0 Å². The minimum atomic E-state index is -2.27. The third-order valence-electron chi connectivity index (χ3n) is 7.34. The van der Waals surface area contributed by atoms with Crippen LogP contribution in [0.3, 0.4) is 0 Å². The predicted molar refractivity (Wildman–Crippen MR) is 92.1 cm³/mol. The first kappa shape index (κ1) is 17.5. The van der Waals surface area contributed by atoms with Crippen molar-refractivity contribution in [3.63, 3.8) is 0 Å². The molecule has 1 aromatic heterocycles. The molecule has 3 saturated carbocycles. The summed E-state index contributed by atoms with van der Waals surface area (Å²) in [6.45, 7) is 1.72. The molecule has 1 N–H and O–H groups in total. The fourth-order valence-electron chi connectivity index (χ4n) is 5.25. The highest BCUT2D eigenvalue weighted by Gasteiger charge is 2.57. The number of halogens is 2. The van der Waals surface area contributed by atoms with Crippen LogP contribution < -0.4 is 0 Å². The van der Waals surface area contributed by atoms with E-state index in [1.54, 1.807) is 6.20 Å².